The van der Waals surface area contributed by atoms with Crippen LogP contribution in [0, 0.1) is 13.8 Å². The third kappa shape index (κ3) is 20.2. The van der Waals surface area contributed by atoms with Crippen LogP contribution in [-0.2, 0) is 64.3 Å². The quantitative estimate of drug-likeness (QED) is 0.0418. The Morgan fingerprint density at radius 2 is 0.725 bits per heavy atom. The lowest BCUT2D eigenvalue weighted by atomic mass is 10.0. The molecule has 0 spiro atoms. The van der Waals surface area contributed by atoms with E-state index in [4.69, 9.17) is 49.4 Å². The van der Waals surface area contributed by atoms with Gasteiger partial charge in [0, 0.05) is 25.7 Å². The highest BCUT2D eigenvalue weighted by Crippen LogP contribution is 2.37. The van der Waals surface area contributed by atoms with Crippen molar-refractivity contribution < 1.29 is 99.2 Å². The van der Waals surface area contributed by atoms with E-state index < -0.39 is 159 Å². The van der Waals surface area contributed by atoms with Crippen molar-refractivity contribution in [2.24, 2.45) is 0 Å². The largest absolute Gasteiger partial charge is 0.394 e. The summed E-state index contributed by atoms with van der Waals surface area (Å²) in [6.45, 7) is 3.30. The number of nitrogens with one attached hydrogen (secondary N) is 4. The lowest BCUT2D eigenvalue weighted by Crippen LogP contribution is -2.48. The average molecular weight is 1670 g/mol. The molecule has 640 valence electrons. The first-order valence-corrected chi connectivity index (χ1v) is 38.3. The number of hydrogen-bond acceptors (Lipinski definition) is 34. The first-order valence-electron chi connectivity index (χ1n) is 38.3. The van der Waals surface area contributed by atoms with Gasteiger partial charge in [-0.25, -0.2) is 29.9 Å². The predicted molar refractivity (Wildman–Crippen MR) is 421 cm³/mol. The zero-order chi connectivity index (χ0) is 85.0. The molecule has 120 heavy (non-hydrogen) atoms. The molecule has 0 saturated carbocycles. The number of nitrogens with two attached hydrogens (primary N) is 2. The van der Waals surface area contributed by atoms with Crippen LogP contribution in [-0.4, -0.2) is 263 Å². The van der Waals surface area contributed by atoms with Gasteiger partial charge in [0.05, 0.1) is 103 Å². The maximum atomic E-state index is 12.9. The number of imidazole rings is 4. The lowest BCUT2D eigenvalue weighted by Gasteiger charge is -2.34. The Balaban J connectivity index is 0.000000151. The van der Waals surface area contributed by atoms with Gasteiger partial charge in [0.25, 0.3) is 22.2 Å². The fourth-order valence-electron chi connectivity index (χ4n) is 14.4. The molecule has 4 aliphatic heterocycles. The first kappa shape index (κ1) is 86.9. The van der Waals surface area contributed by atoms with E-state index in [0.29, 0.717) is 50.1 Å². The maximum absolute atomic E-state index is 12.9. The van der Waals surface area contributed by atoms with Crippen LogP contribution in [0.1, 0.15) is 84.5 Å². The number of aryl methyl sites for hydroxylation is 2. The van der Waals surface area contributed by atoms with E-state index in [1.165, 1.54) is 32.7 Å². The molecule has 12 heterocycles. The number of hydrogen-bond donors (Lipinski definition) is 18. The van der Waals surface area contributed by atoms with Crippen molar-refractivity contribution in [2.45, 2.75) is 189 Å². The normalized spacial score (nSPS) is 27.2. The molecular weight excluding hydrogens is 1570 g/mol. The molecule has 42 nitrogen and oxygen atoms in total. The van der Waals surface area contributed by atoms with Gasteiger partial charge in [-0.15, -0.1) is 0 Å². The summed E-state index contributed by atoms with van der Waals surface area (Å²) in [5, 5.41) is 117. The molecule has 4 saturated heterocycles. The molecule has 0 radical (unpaired) electrons. The van der Waals surface area contributed by atoms with E-state index in [1.807, 2.05) is 126 Å². The molecule has 0 aliphatic carbocycles. The van der Waals surface area contributed by atoms with Gasteiger partial charge in [-0.2, -0.15) is 9.97 Å². The maximum Gasteiger partial charge on any atom is 0.279 e. The van der Waals surface area contributed by atoms with Gasteiger partial charge in [0.1, 0.15) is 110 Å². The second kappa shape index (κ2) is 39.5. The van der Waals surface area contributed by atoms with Gasteiger partial charge < -0.3 is 121 Å². The Morgan fingerprint density at radius 3 is 1.11 bits per heavy atom. The molecule has 4 fully saturated rings. The summed E-state index contributed by atoms with van der Waals surface area (Å²) >= 11 is 0. The monoisotopic (exact) mass is 1670 g/mol. The second-order valence-electron chi connectivity index (χ2n) is 29.0. The van der Waals surface area contributed by atoms with Crippen molar-refractivity contribution in [1.82, 2.24) is 78.1 Å². The van der Waals surface area contributed by atoms with Crippen LogP contribution in [0.5, 0.6) is 0 Å². The molecule has 0 bridgehead atoms. The number of benzene rings is 4. The van der Waals surface area contributed by atoms with E-state index in [9.17, 15) is 80.5 Å². The minimum Gasteiger partial charge on any atom is -0.394 e. The molecule has 8 aromatic heterocycles. The van der Waals surface area contributed by atoms with Crippen LogP contribution in [0.4, 0.5) is 11.9 Å². The molecule has 42 heteroatoms. The van der Waals surface area contributed by atoms with Crippen molar-refractivity contribution in [3.05, 3.63) is 222 Å². The summed E-state index contributed by atoms with van der Waals surface area (Å²) in [6.07, 6.45) is -16.1. The third-order valence-corrected chi connectivity index (χ3v) is 20.6. The Kier molecular flexibility index (Phi) is 28.6. The number of aliphatic hydroxyl groups excluding tert-OH is 12. The zero-order valence-electron chi connectivity index (χ0n) is 64.7. The molecular formula is C78H94N18O24. The van der Waals surface area contributed by atoms with Gasteiger partial charge in [0.2, 0.25) is 11.9 Å². The number of nitrogen functional groups attached to an aromatic ring is 2. The van der Waals surface area contributed by atoms with Crippen LogP contribution < -0.4 is 33.7 Å². The molecule has 4 aliphatic rings. The Bertz CT molecular complexity index is 5440. The van der Waals surface area contributed by atoms with Crippen molar-refractivity contribution in [1.29, 1.82) is 0 Å². The highest BCUT2D eigenvalue weighted by Gasteiger charge is 2.47. The van der Waals surface area contributed by atoms with Gasteiger partial charge in [-0.1, -0.05) is 121 Å². The summed E-state index contributed by atoms with van der Waals surface area (Å²) in [5.74, 6) is 0.690. The topological polar surface area (TPSA) is 623 Å². The van der Waals surface area contributed by atoms with E-state index in [0.717, 1.165) is 22.3 Å². The van der Waals surface area contributed by atoms with Gasteiger partial charge in [0.15, 0.2) is 44.7 Å². The van der Waals surface area contributed by atoms with Crippen LogP contribution in [0.3, 0.4) is 0 Å². The smallest absolute Gasteiger partial charge is 0.279 e. The zero-order valence-corrected chi connectivity index (χ0v) is 64.7. The Labute approximate surface area is 679 Å². The Hall–Kier alpha value is -10.9. The van der Waals surface area contributed by atoms with E-state index in [1.54, 1.807) is 20.2 Å². The lowest BCUT2D eigenvalue weighted by molar-refractivity contribution is -0.184. The molecule has 4 aromatic carbocycles. The van der Waals surface area contributed by atoms with Gasteiger partial charge in [-0.3, -0.25) is 47.4 Å². The minimum absolute atomic E-state index is 0.0618. The number of H-pyrrole nitrogens is 4. The molecule has 20 N–H and O–H groups in total. The number of ether oxygens (including phenoxy) is 8. The molecule has 20 atom stereocenters. The number of rotatable bonds is 20. The van der Waals surface area contributed by atoms with Crippen LogP contribution in [0.15, 0.2) is 166 Å². The first-order chi connectivity index (χ1) is 57.9. The van der Waals surface area contributed by atoms with Crippen LogP contribution in [0.2, 0.25) is 0 Å². The molecule has 16 rings (SSSR count). The Morgan fingerprint density at radius 1 is 0.392 bits per heavy atom. The summed E-state index contributed by atoms with van der Waals surface area (Å²) in [4.78, 5) is 91.8. The average Bonchev–Trinajstić information content (AvgIpc) is 1.65. The fraction of sp³-hybridized carbons (Fsp3) is 0.436. The molecule has 12 aromatic rings. The summed E-state index contributed by atoms with van der Waals surface area (Å²) < 4.78 is 56.4. The number of aliphatic hydroxyl groups is 12. The highest BCUT2D eigenvalue weighted by molar-refractivity contribution is 5.72. The third-order valence-electron chi connectivity index (χ3n) is 20.6. The number of aromatic amines is 4. The van der Waals surface area contributed by atoms with E-state index in [-0.39, 0.29) is 82.3 Å². The number of aromatic nitrogens is 16. The van der Waals surface area contributed by atoms with Crippen LogP contribution in [0.25, 0.3) is 44.7 Å². The highest BCUT2D eigenvalue weighted by atomic mass is 16.6. The minimum atomic E-state index is -1.49. The molecule has 0 amide bonds. The number of fused-ring (bicyclic) bond motifs is 4. The van der Waals surface area contributed by atoms with Crippen molar-refractivity contribution in [3.63, 3.8) is 0 Å². The second-order valence-corrected chi connectivity index (χ2v) is 29.0. The predicted octanol–water partition coefficient (Wildman–Crippen LogP) is -1.39. The summed E-state index contributed by atoms with van der Waals surface area (Å²) in [5.41, 5.74) is 14.6. The number of anilines is 2. The van der Waals surface area contributed by atoms with Crippen molar-refractivity contribution in [3.8, 4) is 0 Å². The standard InChI is InChI=1S/C41H42N4O6.C13H18N4O6.2C12H17N5O6/c1-29-43-40-37(41(46)44-29)42-28-45(40)36-22-34(48-24-31-16-8-3-9-17-31)38(49-25-32-18-10-4-11-19-32)39(50-26-33-20-12-5-13-21-33)35(51-36)27-47-23-30-14-6-2-7-15-30;1-5-15-12-9(13(22)16-5)14-4-17(12)8-2-6(19)10(20)11(21)7(3-18)23-8;2*13-12-15-10-7(11(22)16-12)17(3-14-10)6-1-4(19)8(20)9(21)5(2-18)23-6/h2-21,28,34-36,38-39H,22-27H2,1H3,(H,43,44,46);4,6-8,10-11,18-21H,2-3H2,1H3,(H,15,16,22);2*3-6,8-9,18-21H,1-2H2,(H3,13,15,16,22)/t34-,35+,36?,38+,39+;6-,7+,8?,10+,11+;2*4-,5+,6?,8+,9+/m0000/s1. The SMILES string of the molecule is Cc1nc2c(ncn2C2C[C@H](O)[C@@H](O)[C@H](O)[C@@H](CO)O2)c(=O)[nH]1.Cc1nc2c(ncn2C2C[C@H](OCc3ccccc3)[C@@H](OCc3ccccc3)[C@H](OCc3ccccc3)[C@@H](COCc3ccccc3)O2)c(=O)[nH]1.Nc1nc2ncn(C3C[C@H](O)[C@@H](O)[C@H](O)[C@@H](CO)O3)c2c(=O)[nH]1.Nc1nc2ncn(C3C[C@H](O)[C@@H](O)[C@H](O)[C@@H](CO)O3)c2c(=O)[nH]1. The number of nitrogens with zero attached hydrogens (tertiary/aromatic N) is 12. The van der Waals surface area contributed by atoms with Gasteiger partial charge in [-0.05, 0) is 36.1 Å². The van der Waals surface area contributed by atoms with E-state index >= 15 is 0 Å². The van der Waals surface area contributed by atoms with E-state index in [2.05, 4.69) is 59.8 Å². The summed E-state index contributed by atoms with van der Waals surface area (Å²) in [7, 11) is 0. The van der Waals surface area contributed by atoms with Crippen LogP contribution >= 0.6 is 0 Å². The van der Waals surface area contributed by atoms with Crippen molar-refractivity contribution >= 4 is 56.6 Å². The molecule has 4 unspecified atom stereocenters. The fourth-order valence-corrected chi connectivity index (χ4v) is 14.4. The summed E-state index contributed by atoms with van der Waals surface area (Å²) in [6, 6.07) is 40.2. The van der Waals surface area contributed by atoms with Crippen molar-refractivity contribution in [2.75, 3.05) is 37.9 Å². The van der Waals surface area contributed by atoms with Gasteiger partial charge >= 0.3 is 0 Å².